The maximum absolute atomic E-state index is 5.74. The first kappa shape index (κ1) is 11.0. The van der Waals surface area contributed by atoms with Gasteiger partial charge < -0.3 is 4.74 Å². The summed E-state index contributed by atoms with van der Waals surface area (Å²) in [6, 6.07) is 0. The van der Waals surface area contributed by atoms with Crippen molar-refractivity contribution in [1.82, 2.24) is 0 Å². The van der Waals surface area contributed by atoms with Crippen molar-refractivity contribution >= 4 is 0 Å². The van der Waals surface area contributed by atoms with E-state index < -0.39 is 0 Å². The lowest BCUT2D eigenvalue weighted by Crippen LogP contribution is -2.18. The summed E-state index contributed by atoms with van der Waals surface area (Å²) in [5.41, 5.74) is 0. The van der Waals surface area contributed by atoms with Crippen LogP contribution < -0.4 is 0 Å². The van der Waals surface area contributed by atoms with Gasteiger partial charge in [0, 0.05) is 6.61 Å². The van der Waals surface area contributed by atoms with Crippen LogP contribution in [0.3, 0.4) is 0 Å². The van der Waals surface area contributed by atoms with Crippen molar-refractivity contribution in [2.24, 2.45) is 5.92 Å². The van der Waals surface area contributed by atoms with E-state index in [4.69, 9.17) is 4.74 Å². The van der Waals surface area contributed by atoms with Crippen LogP contribution in [0.4, 0.5) is 0 Å². The lowest BCUT2D eigenvalue weighted by atomic mass is 9.91. The molecule has 0 aromatic carbocycles. The molecule has 1 heterocycles. The Morgan fingerprint density at radius 1 is 1.31 bits per heavy atom. The summed E-state index contributed by atoms with van der Waals surface area (Å²) >= 11 is 0. The molecule has 13 heavy (non-hydrogen) atoms. The van der Waals surface area contributed by atoms with Crippen molar-refractivity contribution in [2.75, 3.05) is 6.61 Å². The van der Waals surface area contributed by atoms with Gasteiger partial charge in [-0.2, -0.15) is 0 Å². The summed E-state index contributed by atoms with van der Waals surface area (Å²) in [4.78, 5) is 0. The molecule has 0 radical (unpaired) electrons. The Bertz CT molecular complexity index is 116. The van der Waals surface area contributed by atoms with E-state index in [1.807, 2.05) is 0 Å². The minimum Gasteiger partial charge on any atom is -0.378 e. The molecule has 0 aromatic heterocycles. The molecule has 0 saturated carbocycles. The van der Waals surface area contributed by atoms with Crippen LogP contribution in [0.25, 0.3) is 0 Å². The zero-order chi connectivity index (χ0) is 9.52. The second-order valence-corrected chi connectivity index (χ2v) is 4.22. The van der Waals surface area contributed by atoms with Gasteiger partial charge >= 0.3 is 0 Å². The monoisotopic (exact) mass is 184 g/mol. The zero-order valence-electron chi connectivity index (χ0n) is 9.22. The van der Waals surface area contributed by atoms with Crippen molar-refractivity contribution < 1.29 is 4.74 Å². The van der Waals surface area contributed by atoms with Crippen molar-refractivity contribution in [3.05, 3.63) is 0 Å². The molecule has 1 aliphatic rings. The van der Waals surface area contributed by atoms with E-state index in [0.717, 1.165) is 12.5 Å². The van der Waals surface area contributed by atoms with Gasteiger partial charge in [0.1, 0.15) is 0 Å². The third kappa shape index (κ3) is 3.68. The van der Waals surface area contributed by atoms with Gasteiger partial charge in [0.2, 0.25) is 0 Å². The number of rotatable bonds is 6. The molecule has 2 unspecified atom stereocenters. The van der Waals surface area contributed by atoms with Crippen molar-refractivity contribution in [2.45, 2.75) is 64.9 Å². The molecule has 1 aliphatic heterocycles. The van der Waals surface area contributed by atoms with Crippen LogP contribution in [-0.4, -0.2) is 12.7 Å². The highest BCUT2D eigenvalue weighted by atomic mass is 16.5. The molecule has 1 nitrogen and oxygen atoms in total. The van der Waals surface area contributed by atoms with Gasteiger partial charge in [-0.05, 0) is 25.2 Å². The smallest absolute Gasteiger partial charge is 0.0604 e. The summed E-state index contributed by atoms with van der Waals surface area (Å²) in [7, 11) is 0. The molecule has 0 aromatic rings. The highest BCUT2D eigenvalue weighted by Gasteiger charge is 2.23. The quantitative estimate of drug-likeness (QED) is 0.571. The molecule has 1 heteroatoms. The van der Waals surface area contributed by atoms with Crippen LogP contribution >= 0.6 is 0 Å². The Balaban J connectivity index is 2.16. The zero-order valence-corrected chi connectivity index (χ0v) is 9.22. The van der Waals surface area contributed by atoms with Gasteiger partial charge in [-0.3, -0.25) is 0 Å². The highest BCUT2D eigenvalue weighted by molar-refractivity contribution is 4.73. The number of ether oxygens (including phenoxy) is 1. The fourth-order valence-electron chi connectivity index (χ4n) is 2.28. The fourth-order valence-corrected chi connectivity index (χ4v) is 2.28. The maximum Gasteiger partial charge on any atom is 0.0604 e. The van der Waals surface area contributed by atoms with Gasteiger partial charge in [-0.25, -0.2) is 0 Å². The number of hydrogen-bond donors (Lipinski definition) is 0. The molecule has 0 N–H and O–H groups in total. The Morgan fingerprint density at radius 2 is 2.15 bits per heavy atom. The first-order valence-corrected chi connectivity index (χ1v) is 6.00. The van der Waals surface area contributed by atoms with E-state index in [1.54, 1.807) is 0 Å². The van der Waals surface area contributed by atoms with E-state index >= 15 is 0 Å². The SMILES string of the molecule is CCCCCC(CC)C1CCCO1. The van der Waals surface area contributed by atoms with Crippen molar-refractivity contribution in [3.8, 4) is 0 Å². The molecule has 78 valence electrons. The molecule has 0 bridgehead atoms. The third-order valence-corrected chi connectivity index (χ3v) is 3.19. The van der Waals surface area contributed by atoms with E-state index in [1.165, 1.54) is 44.9 Å². The first-order chi connectivity index (χ1) is 6.38. The van der Waals surface area contributed by atoms with Gasteiger partial charge in [-0.1, -0.05) is 39.5 Å². The Hall–Kier alpha value is -0.0400. The molecule has 2 atom stereocenters. The molecule has 0 spiro atoms. The minimum atomic E-state index is 0.599. The van der Waals surface area contributed by atoms with Crippen LogP contribution in [0.15, 0.2) is 0 Å². The summed E-state index contributed by atoms with van der Waals surface area (Å²) in [5.74, 6) is 0.842. The average molecular weight is 184 g/mol. The summed E-state index contributed by atoms with van der Waals surface area (Å²) in [6.07, 6.45) is 10.0. The highest BCUT2D eigenvalue weighted by Crippen LogP contribution is 2.26. The Kier molecular flexibility index (Phi) is 5.45. The van der Waals surface area contributed by atoms with Crippen LogP contribution in [0.2, 0.25) is 0 Å². The second kappa shape index (κ2) is 6.42. The van der Waals surface area contributed by atoms with Crippen LogP contribution in [0.1, 0.15) is 58.8 Å². The van der Waals surface area contributed by atoms with Gasteiger partial charge in [0.25, 0.3) is 0 Å². The molecule has 0 aliphatic carbocycles. The third-order valence-electron chi connectivity index (χ3n) is 3.19. The second-order valence-electron chi connectivity index (χ2n) is 4.22. The van der Waals surface area contributed by atoms with Gasteiger partial charge in [-0.15, -0.1) is 0 Å². The minimum absolute atomic E-state index is 0.599. The van der Waals surface area contributed by atoms with Crippen molar-refractivity contribution in [3.63, 3.8) is 0 Å². The molecular weight excluding hydrogens is 160 g/mol. The number of unbranched alkanes of at least 4 members (excludes halogenated alkanes) is 2. The molecule has 1 rings (SSSR count). The summed E-state index contributed by atoms with van der Waals surface area (Å²) in [5, 5.41) is 0. The normalized spacial score (nSPS) is 24.9. The van der Waals surface area contributed by atoms with E-state index in [-0.39, 0.29) is 0 Å². The van der Waals surface area contributed by atoms with Gasteiger partial charge in [0.05, 0.1) is 6.10 Å². The Morgan fingerprint density at radius 3 is 2.69 bits per heavy atom. The predicted molar refractivity (Wildman–Crippen MR) is 56.9 cm³/mol. The topological polar surface area (TPSA) is 9.23 Å². The maximum atomic E-state index is 5.74. The first-order valence-electron chi connectivity index (χ1n) is 6.00. The average Bonchev–Trinajstić information content (AvgIpc) is 2.65. The predicted octanol–water partition coefficient (Wildman–Crippen LogP) is 3.77. The van der Waals surface area contributed by atoms with Crippen LogP contribution in [-0.2, 0) is 4.74 Å². The van der Waals surface area contributed by atoms with E-state index in [9.17, 15) is 0 Å². The Labute approximate surface area is 82.9 Å². The molecular formula is C12H24O. The number of hydrogen-bond acceptors (Lipinski definition) is 1. The largest absolute Gasteiger partial charge is 0.378 e. The summed E-state index contributed by atoms with van der Waals surface area (Å²) < 4.78 is 5.74. The van der Waals surface area contributed by atoms with E-state index in [0.29, 0.717) is 6.10 Å². The van der Waals surface area contributed by atoms with Gasteiger partial charge in [0.15, 0.2) is 0 Å². The molecule has 0 amide bonds. The molecule has 1 fully saturated rings. The van der Waals surface area contributed by atoms with Crippen LogP contribution in [0, 0.1) is 5.92 Å². The van der Waals surface area contributed by atoms with Crippen molar-refractivity contribution in [1.29, 1.82) is 0 Å². The lowest BCUT2D eigenvalue weighted by Gasteiger charge is -2.21. The molecule has 1 saturated heterocycles. The lowest BCUT2D eigenvalue weighted by molar-refractivity contribution is 0.0569. The van der Waals surface area contributed by atoms with Crippen LogP contribution in [0.5, 0.6) is 0 Å². The van der Waals surface area contributed by atoms with E-state index in [2.05, 4.69) is 13.8 Å². The fraction of sp³-hybridized carbons (Fsp3) is 1.00. The standard InChI is InChI=1S/C12H24O/c1-3-5-6-8-11(4-2)12-9-7-10-13-12/h11-12H,3-10H2,1-2H3. The summed E-state index contributed by atoms with van der Waals surface area (Å²) in [6.45, 7) is 5.58.